The second-order valence-corrected chi connectivity index (χ2v) is 4.97. The molecule has 1 aromatic rings. The third kappa shape index (κ3) is 5.07. The number of carbonyl (C=O) groups excluding carboxylic acids is 3. The number of ether oxygens (including phenoxy) is 1. The maximum atomic E-state index is 11.9. The lowest BCUT2D eigenvalue weighted by atomic mass is 10.2. The second kappa shape index (κ2) is 7.63. The van der Waals surface area contributed by atoms with Gasteiger partial charge in [0, 0.05) is 11.0 Å². The minimum Gasteiger partial charge on any atom is -0.507 e. The summed E-state index contributed by atoms with van der Waals surface area (Å²) in [6, 6.07) is 3.57. The highest BCUT2D eigenvalue weighted by Gasteiger charge is 2.22. The highest BCUT2D eigenvalue weighted by atomic mass is 79.9. The molecule has 8 heteroatoms. The van der Waals surface area contributed by atoms with Crippen LogP contribution in [0.25, 0.3) is 0 Å². The monoisotopic (exact) mass is 358 g/mol. The first-order valence-electron chi connectivity index (χ1n) is 6.13. The Kier molecular flexibility index (Phi) is 6.16. The average molecular weight is 359 g/mol. The van der Waals surface area contributed by atoms with E-state index in [0.717, 1.165) is 0 Å². The molecule has 3 amide bonds. The minimum absolute atomic E-state index is 0.0814. The van der Waals surface area contributed by atoms with Crippen LogP contribution in [0.5, 0.6) is 5.75 Å². The summed E-state index contributed by atoms with van der Waals surface area (Å²) in [5, 5.41) is 14.0. The number of aromatic hydroxyl groups is 1. The molecule has 0 spiro atoms. The van der Waals surface area contributed by atoms with E-state index in [2.05, 4.69) is 21.2 Å². The Hall–Kier alpha value is -2.09. The minimum atomic E-state index is -1.18. The summed E-state index contributed by atoms with van der Waals surface area (Å²) >= 11 is 3.16. The van der Waals surface area contributed by atoms with Gasteiger partial charge in [-0.05, 0) is 32.0 Å². The summed E-state index contributed by atoms with van der Waals surface area (Å²) in [6.45, 7) is 3.38. The van der Waals surface area contributed by atoms with Gasteiger partial charge in [-0.2, -0.15) is 0 Å². The fourth-order valence-electron chi connectivity index (χ4n) is 1.37. The van der Waals surface area contributed by atoms with Gasteiger partial charge < -0.3 is 15.2 Å². The quantitative estimate of drug-likeness (QED) is 0.708. The van der Waals surface area contributed by atoms with Crippen LogP contribution in [0.4, 0.5) is 4.79 Å². The van der Waals surface area contributed by atoms with Crippen molar-refractivity contribution < 1.29 is 24.2 Å². The summed E-state index contributed by atoms with van der Waals surface area (Å²) in [5.74, 6) is -1.89. The molecule has 0 saturated carbocycles. The molecule has 21 heavy (non-hydrogen) atoms. The van der Waals surface area contributed by atoms with Crippen LogP contribution < -0.4 is 10.6 Å². The van der Waals surface area contributed by atoms with E-state index in [1.165, 1.54) is 19.1 Å². The van der Waals surface area contributed by atoms with Crippen molar-refractivity contribution in [1.82, 2.24) is 10.6 Å². The summed E-state index contributed by atoms with van der Waals surface area (Å²) in [6.07, 6.45) is -1.18. The lowest BCUT2D eigenvalue weighted by molar-refractivity contribution is -0.127. The Morgan fingerprint density at radius 3 is 2.67 bits per heavy atom. The number of hydrogen-bond acceptors (Lipinski definition) is 5. The molecule has 0 bridgehead atoms. The van der Waals surface area contributed by atoms with Crippen molar-refractivity contribution in [2.75, 3.05) is 6.54 Å². The van der Waals surface area contributed by atoms with E-state index >= 15 is 0 Å². The molecule has 0 aliphatic heterocycles. The number of nitrogens with one attached hydrogen (secondary N) is 2. The van der Waals surface area contributed by atoms with Crippen LogP contribution in [-0.2, 0) is 9.53 Å². The fourth-order valence-corrected chi connectivity index (χ4v) is 1.73. The molecule has 1 rings (SSSR count). The van der Waals surface area contributed by atoms with Crippen LogP contribution in [0, 0.1) is 0 Å². The molecular weight excluding hydrogens is 344 g/mol. The standard InChI is InChI=1S/C13H15BrN2O5/c1-3-15-13(20)16-11(18)7(2)21-12(19)9-6-8(14)4-5-10(9)17/h4-7,17H,3H2,1-2H3,(H2,15,16,18,20)/t7-/m0/s1. The van der Waals surface area contributed by atoms with Gasteiger partial charge in [-0.15, -0.1) is 0 Å². The number of benzene rings is 1. The van der Waals surface area contributed by atoms with E-state index < -0.39 is 24.0 Å². The van der Waals surface area contributed by atoms with Gasteiger partial charge in [0.25, 0.3) is 5.91 Å². The molecule has 0 saturated heterocycles. The topological polar surface area (TPSA) is 105 Å². The van der Waals surface area contributed by atoms with E-state index in [1.807, 2.05) is 5.32 Å². The molecule has 0 heterocycles. The van der Waals surface area contributed by atoms with E-state index in [-0.39, 0.29) is 11.3 Å². The molecule has 0 fully saturated rings. The number of hydrogen-bond donors (Lipinski definition) is 3. The maximum absolute atomic E-state index is 11.9. The van der Waals surface area contributed by atoms with Crippen molar-refractivity contribution in [3.63, 3.8) is 0 Å². The number of urea groups is 1. The van der Waals surface area contributed by atoms with Crippen molar-refractivity contribution in [3.8, 4) is 5.75 Å². The first kappa shape index (κ1) is 17.0. The lowest BCUT2D eigenvalue weighted by Gasteiger charge is -2.13. The third-order valence-electron chi connectivity index (χ3n) is 2.41. The molecule has 0 unspecified atom stereocenters. The Labute approximate surface area is 129 Å². The van der Waals surface area contributed by atoms with Gasteiger partial charge in [0.05, 0.1) is 0 Å². The number of rotatable bonds is 4. The largest absolute Gasteiger partial charge is 0.507 e. The van der Waals surface area contributed by atoms with Crippen molar-refractivity contribution in [1.29, 1.82) is 0 Å². The summed E-state index contributed by atoms with van der Waals surface area (Å²) < 4.78 is 5.48. The summed E-state index contributed by atoms with van der Waals surface area (Å²) in [4.78, 5) is 34.7. The summed E-state index contributed by atoms with van der Waals surface area (Å²) in [7, 11) is 0. The highest BCUT2D eigenvalue weighted by molar-refractivity contribution is 9.10. The predicted molar refractivity (Wildman–Crippen MR) is 77.9 cm³/mol. The van der Waals surface area contributed by atoms with Crippen LogP contribution in [0.2, 0.25) is 0 Å². The first-order chi connectivity index (χ1) is 9.85. The molecule has 0 radical (unpaired) electrons. The van der Waals surface area contributed by atoms with Gasteiger partial charge in [-0.3, -0.25) is 10.1 Å². The number of carbonyl (C=O) groups is 3. The molecular formula is C13H15BrN2O5. The molecule has 7 nitrogen and oxygen atoms in total. The van der Waals surface area contributed by atoms with E-state index in [1.54, 1.807) is 13.0 Å². The molecule has 0 aliphatic rings. The summed E-state index contributed by atoms with van der Waals surface area (Å²) in [5.41, 5.74) is -0.0814. The zero-order valence-electron chi connectivity index (χ0n) is 11.5. The highest BCUT2D eigenvalue weighted by Crippen LogP contribution is 2.22. The van der Waals surface area contributed by atoms with Crippen molar-refractivity contribution >= 4 is 33.8 Å². The van der Waals surface area contributed by atoms with Crippen molar-refractivity contribution in [2.24, 2.45) is 0 Å². The zero-order valence-corrected chi connectivity index (χ0v) is 13.1. The fraction of sp³-hybridized carbons (Fsp3) is 0.308. The Bertz CT molecular complexity index is 561. The average Bonchev–Trinajstić information content (AvgIpc) is 2.41. The molecule has 114 valence electrons. The van der Waals surface area contributed by atoms with Gasteiger partial charge >= 0.3 is 12.0 Å². The molecule has 3 N–H and O–H groups in total. The maximum Gasteiger partial charge on any atom is 0.342 e. The van der Waals surface area contributed by atoms with E-state index in [9.17, 15) is 19.5 Å². The van der Waals surface area contributed by atoms with Gasteiger partial charge in [-0.25, -0.2) is 9.59 Å². The van der Waals surface area contributed by atoms with Gasteiger partial charge in [0.2, 0.25) is 0 Å². The van der Waals surface area contributed by atoms with Gasteiger partial charge in [-0.1, -0.05) is 15.9 Å². The van der Waals surface area contributed by atoms with E-state index in [0.29, 0.717) is 11.0 Å². The van der Waals surface area contributed by atoms with Gasteiger partial charge in [0.15, 0.2) is 6.10 Å². The Morgan fingerprint density at radius 2 is 2.05 bits per heavy atom. The number of imide groups is 1. The van der Waals surface area contributed by atoms with Crippen LogP contribution in [0.3, 0.4) is 0 Å². The van der Waals surface area contributed by atoms with Crippen LogP contribution in [0.15, 0.2) is 22.7 Å². The van der Waals surface area contributed by atoms with Crippen LogP contribution >= 0.6 is 15.9 Å². The zero-order chi connectivity index (χ0) is 16.0. The lowest BCUT2D eigenvalue weighted by Crippen LogP contribution is -2.44. The van der Waals surface area contributed by atoms with E-state index in [4.69, 9.17) is 4.74 Å². The number of esters is 1. The second-order valence-electron chi connectivity index (χ2n) is 4.06. The molecule has 0 aliphatic carbocycles. The van der Waals surface area contributed by atoms with Crippen molar-refractivity contribution in [3.05, 3.63) is 28.2 Å². The predicted octanol–water partition coefficient (Wildman–Crippen LogP) is 1.55. The first-order valence-corrected chi connectivity index (χ1v) is 6.92. The Morgan fingerprint density at radius 1 is 1.38 bits per heavy atom. The third-order valence-corrected chi connectivity index (χ3v) is 2.90. The number of amides is 3. The van der Waals surface area contributed by atoms with Gasteiger partial charge in [0.1, 0.15) is 11.3 Å². The van der Waals surface area contributed by atoms with Crippen molar-refractivity contribution in [2.45, 2.75) is 20.0 Å². The number of halogens is 1. The molecule has 1 aromatic carbocycles. The number of phenolic OH excluding ortho intramolecular Hbond substituents is 1. The molecule has 0 aromatic heterocycles. The van der Waals surface area contributed by atoms with Crippen LogP contribution in [0.1, 0.15) is 24.2 Å². The molecule has 1 atom stereocenters. The Balaban J connectivity index is 2.67. The number of phenols is 1. The van der Waals surface area contributed by atoms with Crippen LogP contribution in [-0.4, -0.2) is 35.7 Å². The normalized spacial score (nSPS) is 11.4. The smallest absolute Gasteiger partial charge is 0.342 e. The SMILES string of the molecule is CCNC(=O)NC(=O)[C@H](C)OC(=O)c1cc(Br)ccc1O.